The van der Waals surface area contributed by atoms with Crippen LogP contribution >= 0.6 is 0 Å². The van der Waals surface area contributed by atoms with Gasteiger partial charge in [-0.1, -0.05) is 0 Å². The molecule has 1 aromatic heterocycles. The fraction of sp³-hybridized carbons (Fsp3) is 0.765. The third-order valence-electron chi connectivity index (χ3n) is 5.43. The van der Waals surface area contributed by atoms with Gasteiger partial charge >= 0.3 is 0 Å². The summed E-state index contributed by atoms with van der Waals surface area (Å²) in [5.74, 6) is 0.299. The number of aryl methyl sites for hydroxylation is 1. The summed E-state index contributed by atoms with van der Waals surface area (Å²) in [5.41, 5.74) is 0.396. The molecule has 1 amide bonds. The molecule has 2 fully saturated rings. The largest absolute Gasteiger partial charge is 0.375 e. The Balaban J connectivity index is 1.57. The van der Waals surface area contributed by atoms with Gasteiger partial charge < -0.3 is 9.64 Å². The standard InChI is InChI=1S/C17H28N4O4S/c1-3-21-15(4-8-18-21)16(22)20-9-6-17(7-10-20)12-14(5-11-25-17)13-19-26(2,23)24/h4,8,14,19H,3,5-7,9-13H2,1-2H3. The summed E-state index contributed by atoms with van der Waals surface area (Å²) < 4.78 is 33.1. The van der Waals surface area contributed by atoms with E-state index in [2.05, 4.69) is 9.82 Å². The smallest absolute Gasteiger partial charge is 0.272 e. The van der Waals surface area contributed by atoms with E-state index in [4.69, 9.17) is 4.74 Å². The number of hydrogen-bond acceptors (Lipinski definition) is 5. The van der Waals surface area contributed by atoms with Crippen molar-refractivity contribution in [1.82, 2.24) is 19.4 Å². The molecule has 1 N–H and O–H groups in total. The molecule has 1 atom stereocenters. The summed E-state index contributed by atoms with van der Waals surface area (Å²) in [6, 6.07) is 1.76. The zero-order valence-corrected chi connectivity index (χ0v) is 16.3. The predicted octanol–water partition coefficient (Wildman–Crippen LogP) is 0.854. The lowest BCUT2D eigenvalue weighted by Crippen LogP contribution is -2.52. The third-order valence-corrected chi connectivity index (χ3v) is 6.12. The van der Waals surface area contributed by atoms with Gasteiger partial charge in [-0.3, -0.25) is 9.48 Å². The van der Waals surface area contributed by atoms with Crippen molar-refractivity contribution in [3.05, 3.63) is 18.0 Å². The molecule has 26 heavy (non-hydrogen) atoms. The van der Waals surface area contributed by atoms with Crippen molar-refractivity contribution in [2.75, 3.05) is 32.5 Å². The second-order valence-corrected chi connectivity index (χ2v) is 9.17. The third kappa shape index (κ3) is 4.44. The SMILES string of the molecule is CCn1nccc1C(=O)N1CCC2(CC1)CC(CNS(C)(=O)=O)CCO2. The number of rotatable bonds is 5. The molecule has 0 radical (unpaired) electrons. The zero-order chi connectivity index (χ0) is 18.8. The lowest BCUT2D eigenvalue weighted by molar-refractivity contribution is -0.122. The number of carbonyl (C=O) groups is 1. The van der Waals surface area contributed by atoms with E-state index in [1.165, 1.54) is 6.26 Å². The van der Waals surface area contributed by atoms with E-state index in [1.807, 2.05) is 11.8 Å². The van der Waals surface area contributed by atoms with E-state index < -0.39 is 10.0 Å². The van der Waals surface area contributed by atoms with Gasteiger partial charge in [0, 0.05) is 39.0 Å². The molecule has 2 aliphatic heterocycles. The lowest BCUT2D eigenvalue weighted by atomic mass is 9.79. The van der Waals surface area contributed by atoms with Crippen LogP contribution in [0.3, 0.4) is 0 Å². The van der Waals surface area contributed by atoms with Crippen LogP contribution in [0.5, 0.6) is 0 Å². The molecule has 0 saturated carbocycles. The number of carbonyl (C=O) groups excluding carboxylic acids is 1. The number of sulfonamides is 1. The van der Waals surface area contributed by atoms with Crippen molar-refractivity contribution >= 4 is 15.9 Å². The van der Waals surface area contributed by atoms with Gasteiger partial charge in [-0.05, 0) is 44.6 Å². The first kappa shape index (κ1) is 19.3. The highest BCUT2D eigenvalue weighted by Crippen LogP contribution is 2.37. The molecule has 0 bridgehead atoms. The van der Waals surface area contributed by atoms with Gasteiger partial charge in [0.2, 0.25) is 10.0 Å². The van der Waals surface area contributed by atoms with Crippen LogP contribution in [0.25, 0.3) is 0 Å². The van der Waals surface area contributed by atoms with E-state index in [0.717, 1.165) is 25.7 Å². The maximum absolute atomic E-state index is 12.7. The molecule has 146 valence electrons. The second-order valence-electron chi connectivity index (χ2n) is 7.34. The van der Waals surface area contributed by atoms with Gasteiger partial charge in [0.05, 0.1) is 11.9 Å². The number of likely N-dealkylation sites (tertiary alicyclic amines) is 1. The topological polar surface area (TPSA) is 93.5 Å². The summed E-state index contributed by atoms with van der Waals surface area (Å²) in [6.45, 7) is 5.05. The predicted molar refractivity (Wildman–Crippen MR) is 97.3 cm³/mol. The Morgan fingerprint density at radius 3 is 2.81 bits per heavy atom. The van der Waals surface area contributed by atoms with Crippen molar-refractivity contribution < 1.29 is 17.9 Å². The Labute approximate surface area is 154 Å². The number of ether oxygens (including phenoxy) is 1. The first-order valence-corrected chi connectivity index (χ1v) is 11.1. The van der Waals surface area contributed by atoms with E-state index in [0.29, 0.717) is 38.5 Å². The number of nitrogens with zero attached hydrogens (tertiary/aromatic N) is 3. The minimum absolute atomic E-state index is 0.0188. The molecular weight excluding hydrogens is 356 g/mol. The van der Waals surface area contributed by atoms with Crippen molar-refractivity contribution in [2.24, 2.45) is 5.92 Å². The monoisotopic (exact) mass is 384 g/mol. The molecule has 0 aromatic carbocycles. The number of nitrogens with one attached hydrogen (secondary N) is 1. The molecule has 1 unspecified atom stereocenters. The van der Waals surface area contributed by atoms with Crippen molar-refractivity contribution in [1.29, 1.82) is 0 Å². The summed E-state index contributed by atoms with van der Waals surface area (Å²) >= 11 is 0. The first-order valence-electron chi connectivity index (χ1n) is 9.21. The molecular formula is C17H28N4O4S. The Hall–Kier alpha value is -1.45. The summed E-state index contributed by atoms with van der Waals surface area (Å²) in [5, 5.41) is 4.17. The van der Waals surface area contributed by atoms with Gasteiger partial charge in [0.15, 0.2) is 0 Å². The van der Waals surface area contributed by atoms with Crippen LogP contribution in [0.1, 0.15) is 43.1 Å². The lowest BCUT2D eigenvalue weighted by Gasteiger charge is -2.46. The van der Waals surface area contributed by atoms with E-state index in [9.17, 15) is 13.2 Å². The maximum atomic E-state index is 12.7. The molecule has 1 aromatic rings. The van der Waals surface area contributed by atoms with Gasteiger partial charge in [-0.2, -0.15) is 5.10 Å². The molecule has 0 aliphatic carbocycles. The number of piperidine rings is 1. The van der Waals surface area contributed by atoms with Gasteiger partial charge in [0.1, 0.15) is 5.69 Å². The Morgan fingerprint density at radius 2 is 2.15 bits per heavy atom. The van der Waals surface area contributed by atoms with Crippen LogP contribution < -0.4 is 4.72 Å². The van der Waals surface area contributed by atoms with Crippen molar-refractivity contribution in [3.8, 4) is 0 Å². The first-order chi connectivity index (χ1) is 12.3. The zero-order valence-electron chi connectivity index (χ0n) is 15.5. The molecule has 2 aliphatic rings. The van der Waals surface area contributed by atoms with Crippen LogP contribution in [-0.2, 0) is 21.3 Å². The molecule has 2 saturated heterocycles. The van der Waals surface area contributed by atoms with Gasteiger partial charge in [-0.25, -0.2) is 13.1 Å². The average molecular weight is 385 g/mol. The molecule has 1 spiro atoms. The normalized spacial score (nSPS) is 23.3. The Bertz CT molecular complexity index is 738. The Morgan fingerprint density at radius 1 is 1.42 bits per heavy atom. The second kappa shape index (κ2) is 7.66. The highest BCUT2D eigenvalue weighted by Gasteiger charge is 2.41. The van der Waals surface area contributed by atoms with Crippen molar-refractivity contribution in [3.63, 3.8) is 0 Å². The number of aromatic nitrogens is 2. The molecule has 3 heterocycles. The van der Waals surface area contributed by atoms with Crippen LogP contribution in [0.4, 0.5) is 0 Å². The molecule has 3 rings (SSSR count). The Kier molecular flexibility index (Phi) is 5.69. The van der Waals surface area contributed by atoms with Crippen LogP contribution in [-0.4, -0.2) is 67.1 Å². The molecule has 8 nitrogen and oxygen atoms in total. The summed E-state index contributed by atoms with van der Waals surface area (Å²) in [7, 11) is -3.17. The fourth-order valence-corrected chi connectivity index (χ4v) is 4.51. The summed E-state index contributed by atoms with van der Waals surface area (Å²) in [6.07, 6.45) is 6.12. The van der Waals surface area contributed by atoms with E-state index in [1.54, 1.807) is 16.9 Å². The average Bonchev–Trinajstić information content (AvgIpc) is 3.08. The fourth-order valence-electron chi connectivity index (χ4n) is 3.97. The highest BCUT2D eigenvalue weighted by atomic mass is 32.2. The van der Waals surface area contributed by atoms with Crippen LogP contribution in [0.2, 0.25) is 0 Å². The van der Waals surface area contributed by atoms with Gasteiger partial charge in [0.25, 0.3) is 5.91 Å². The van der Waals surface area contributed by atoms with Crippen LogP contribution in [0.15, 0.2) is 12.3 Å². The minimum atomic E-state index is -3.17. The quantitative estimate of drug-likeness (QED) is 0.812. The minimum Gasteiger partial charge on any atom is -0.375 e. The highest BCUT2D eigenvalue weighted by molar-refractivity contribution is 7.88. The maximum Gasteiger partial charge on any atom is 0.272 e. The molecule has 9 heteroatoms. The summed E-state index contributed by atoms with van der Waals surface area (Å²) in [4.78, 5) is 14.6. The van der Waals surface area contributed by atoms with E-state index >= 15 is 0 Å². The van der Waals surface area contributed by atoms with E-state index in [-0.39, 0.29) is 17.4 Å². The van der Waals surface area contributed by atoms with Crippen molar-refractivity contribution in [2.45, 2.75) is 44.8 Å². The number of amides is 1. The number of hydrogen-bond donors (Lipinski definition) is 1. The van der Waals surface area contributed by atoms with Gasteiger partial charge in [-0.15, -0.1) is 0 Å². The van der Waals surface area contributed by atoms with Crippen LogP contribution in [0, 0.1) is 5.92 Å².